The predicted molar refractivity (Wildman–Crippen MR) is 82.6 cm³/mol. The highest BCUT2D eigenvalue weighted by Gasteiger charge is 2.29. The molecule has 0 saturated carbocycles. The third-order valence-electron chi connectivity index (χ3n) is 4.31. The molecule has 19 heavy (non-hydrogen) atoms. The van der Waals surface area contributed by atoms with Crippen molar-refractivity contribution in [1.29, 1.82) is 0 Å². The Balaban J connectivity index is 2.56. The van der Waals surface area contributed by atoms with Gasteiger partial charge in [0.15, 0.2) is 0 Å². The second-order valence-electron chi connectivity index (χ2n) is 6.31. The fraction of sp³-hybridized carbons (Fsp3) is 1.00. The first kappa shape index (κ1) is 16.9. The molecule has 3 nitrogen and oxygen atoms in total. The number of hydrogen-bond donors (Lipinski definition) is 1. The van der Waals surface area contributed by atoms with E-state index in [0.29, 0.717) is 18.2 Å². The minimum absolute atomic E-state index is 0.358. The lowest BCUT2D eigenvalue weighted by molar-refractivity contribution is -0.0584. The Kier molecular flexibility index (Phi) is 7.96. The number of morpholine rings is 1. The lowest BCUT2D eigenvalue weighted by Gasteiger charge is -2.40. The maximum Gasteiger partial charge on any atom is 0.0855 e. The van der Waals surface area contributed by atoms with Gasteiger partial charge in [-0.15, -0.1) is 0 Å². The van der Waals surface area contributed by atoms with Gasteiger partial charge in [-0.1, -0.05) is 27.2 Å². The minimum Gasteiger partial charge on any atom is -0.374 e. The average molecular weight is 270 g/mol. The van der Waals surface area contributed by atoms with Gasteiger partial charge in [-0.05, 0) is 39.2 Å². The van der Waals surface area contributed by atoms with Gasteiger partial charge in [0.2, 0.25) is 0 Å². The van der Waals surface area contributed by atoms with E-state index in [2.05, 4.69) is 44.8 Å². The average Bonchev–Trinajstić information content (AvgIpc) is 2.43. The van der Waals surface area contributed by atoms with Crippen LogP contribution in [0.5, 0.6) is 0 Å². The van der Waals surface area contributed by atoms with Crippen LogP contribution in [0.4, 0.5) is 0 Å². The predicted octanol–water partition coefficient (Wildman–Crippen LogP) is 2.90. The van der Waals surface area contributed by atoms with Crippen LogP contribution in [0.3, 0.4) is 0 Å². The molecule has 0 radical (unpaired) electrons. The maximum atomic E-state index is 6.06. The van der Waals surface area contributed by atoms with Crippen molar-refractivity contribution >= 4 is 0 Å². The zero-order valence-corrected chi connectivity index (χ0v) is 13.6. The Morgan fingerprint density at radius 1 is 1.26 bits per heavy atom. The summed E-state index contributed by atoms with van der Waals surface area (Å²) in [7, 11) is 0. The molecule has 1 rings (SSSR count). The Morgan fingerprint density at radius 2 is 2.00 bits per heavy atom. The molecule has 3 heteroatoms. The first-order valence-corrected chi connectivity index (χ1v) is 8.17. The van der Waals surface area contributed by atoms with E-state index in [4.69, 9.17) is 4.74 Å². The van der Waals surface area contributed by atoms with E-state index in [1.165, 1.54) is 19.3 Å². The Morgan fingerprint density at radius 3 is 2.58 bits per heavy atom. The largest absolute Gasteiger partial charge is 0.374 e. The molecule has 1 saturated heterocycles. The summed E-state index contributed by atoms with van der Waals surface area (Å²) in [6.07, 6.45) is 4.03. The van der Waals surface area contributed by atoms with Crippen molar-refractivity contribution in [3.63, 3.8) is 0 Å². The van der Waals surface area contributed by atoms with E-state index in [-0.39, 0.29) is 0 Å². The maximum absolute atomic E-state index is 6.06. The highest BCUT2D eigenvalue weighted by Crippen LogP contribution is 2.18. The van der Waals surface area contributed by atoms with Crippen LogP contribution >= 0.6 is 0 Å². The quantitative estimate of drug-likeness (QED) is 0.734. The van der Waals surface area contributed by atoms with Crippen LogP contribution in [0.15, 0.2) is 0 Å². The monoisotopic (exact) mass is 270 g/mol. The Hall–Kier alpha value is -0.120. The Labute approximate surface area is 120 Å². The zero-order valence-electron chi connectivity index (χ0n) is 13.6. The molecule has 0 aromatic rings. The van der Waals surface area contributed by atoms with Crippen LogP contribution in [0.25, 0.3) is 0 Å². The summed E-state index contributed by atoms with van der Waals surface area (Å²) in [6, 6.07) is 1.14. The molecule has 1 N–H and O–H groups in total. The van der Waals surface area contributed by atoms with Gasteiger partial charge in [-0.2, -0.15) is 0 Å². The standard InChI is InChI=1S/C16H34N2O/c1-6-8-17-15(11-14(5)7-2)16-12-18(13(3)4)9-10-19-16/h13-17H,6-12H2,1-5H3. The molecule has 3 atom stereocenters. The fourth-order valence-corrected chi connectivity index (χ4v) is 2.71. The number of nitrogens with zero attached hydrogens (tertiary/aromatic N) is 1. The van der Waals surface area contributed by atoms with Gasteiger partial charge >= 0.3 is 0 Å². The summed E-state index contributed by atoms with van der Waals surface area (Å²) < 4.78 is 6.06. The number of hydrogen-bond acceptors (Lipinski definition) is 3. The van der Waals surface area contributed by atoms with Crippen LogP contribution in [0.2, 0.25) is 0 Å². The summed E-state index contributed by atoms with van der Waals surface area (Å²) in [4.78, 5) is 2.55. The van der Waals surface area contributed by atoms with Gasteiger partial charge < -0.3 is 10.1 Å². The van der Waals surface area contributed by atoms with Gasteiger partial charge in [0.1, 0.15) is 0 Å². The smallest absolute Gasteiger partial charge is 0.0855 e. The molecule has 1 aliphatic rings. The molecule has 0 amide bonds. The molecule has 114 valence electrons. The summed E-state index contributed by atoms with van der Waals surface area (Å²) in [5.74, 6) is 0.771. The summed E-state index contributed by atoms with van der Waals surface area (Å²) >= 11 is 0. The van der Waals surface area contributed by atoms with Crippen molar-refractivity contribution in [2.24, 2.45) is 5.92 Å². The molecule has 3 unspecified atom stereocenters. The van der Waals surface area contributed by atoms with E-state index in [1.54, 1.807) is 0 Å². The third kappa shape index (κ3) is 5.80. The first-order valence-electron chi connectivity index (χ1n) is 8.17. The first-order chi connectivity index (χ1) is 9.08. The van der Waals surface area contributed by atoms with E-state index in [9.17, 15) is 0 Å². The second kappa shape index (κ2) is 8.93. The van der Waals surface area contributed by atoms with E-state index < -0.39 is 0 Å². The molecule has 1 aliphatic heterocycles. The summed E-state index contributed by atoms with van der Waals surface area (Å²) in [6.45, 7) is 15.6. The van der Waals surface area contributed by atoms with Crippen molar-refractivity contribution in [3.05, 3.63) is 0 Å². The summed E-state index contributed by atoms with van der Waals surface area (Å²) in [5.41, 5.74) is 0. The fourth-order valence-electron chi connectivity index (χ4n) is 2.71. The normalized spacial score (nSPS) is 24.6. The molecular formula is C16H34N2O. The molecule has 0 aliphatic carbocycles. The van der Waals surface area contributed by atoms with Gasteiger partial charge in [0.05, 0.1) is 12.7 Å². The van der Waals surface area contributed by atoms with Gasteiger partial charge in [-0.25, -0.2) is 0 Å². The van der Waals surface area contributed by atoms with E-state index in [1.807, 2.05) is 0 Å². The lowest BCUT2D eigenvalue weighted by atomic mass is 9.94. The van der Waals surface area contributed by atoms with Crippen LogP contribution in [-0.4, -0.2) is 49.3 Å². The molecule has 0 aromatic heterocycles. The van der Waals surface area contributed by atoms with Crippen LogP contribution in [0, 0.1) is 5.92 Å². The number of rotatable bonds is 8. The molecule has 0 spiro atoms. The molecule has 1 heterocycles. The van der Waals surface area contributed by atoms with Gasteiger partial charge in [0.25, 0.3) is 0 Å². The Bertz CT molecular complexity index is 233. The van der Waals surface area contributed by atoms with Crippen LogP contribution < -0.4 is 5.32 Å². The molecule has 0 aromatic carbocycles. The second-order valence-corrected chi connectivity index (χ2v) is 6.31. The van der Waals surface area contributed by atoms with E-state index >= 15 is 0 Å². The van der Waals surface area contributed by atoms with Crippen LogP contribution in [0.1, 0.15) is 53.9 Å². The minimum atomic E-state index is 0.358. The van der Waals surface area contributed by atoms with Gasteiger partial charge in [0, 0.05) is 25.2 Å². The van der Waals surface area contributed by atoms with Crippen molar-refractivity contribution in [2.45, 2.75) is 72.1 Å². The highest BCUT2D eigenvalue weighted by molar-refractivity contribution is 4.85. The van der Waals surface area contributed by atoms with Gasteiger partial charge in [-0.3, -0.25) is 4.90 Å². The van der Waals surface area contributed by atoms with Crippen molar-refractivity contribution in [1.82, 2.24) is 10.2 Å². The third-order valence-corrected chi connectivity index (χ3v) is 4.31. The number of nitrogens with one attached hydrogen (secondary N) is 1. The lowest BCUT2D eigenvalue weighted by Crippen LogP contribution is -2.54. The van der Waals surface area contributed by atoms with E-state index in [0.717, 1.165) is 32.2 Å². The van der Waals surface area contributed by atoms with Crippen LogP contribution in [-0.2, 0) is 4.74 Å². The SMILES string of the molecule is CCCNC(CC(C)CC)C1CN(C(C)C)CCO1. The van der Waals surface area contributed by atoms with Crippen molar-refractivity contribution < 1.29 is 4.74 Å². The molecule has 0 bridgehead atoms. The highest BCUT2D eigenvalue weighted by atomic mass is 16.5. The molecule has 1 fully saturated rings. The van der Waals surface area contributed by atoms with Crippen molar-refractivity contribution in [2.75, 3.05) is 26.2 Å². The molecular weight excluding hydrogens is 236 g/mol. The van der Waals surface area contributed by atoms with Crippen molar-refractivity contribution in [3.8, 4) is 0 Å². The number of ether oxygens (including phenoxy) is 1. The zero-order chi connectivity index (χ0) is 14.3. The topological polar surface area (TPSA) is 24.5 Å². The summed E-state index contributed by atoms with van der Waals surface area (Å²) in [5, 5.41) is 3.71.